The molecule has 0 radical (unpaired) electrons. The summed E-state index contributed by atoms with van der Waals surface area (Å²) in [5, 5.41) is 10.9. The third-order valence-corrected chi connectivity index (χ3v) is 4.99. The lowest BCUT2D eigenvalue weighted by molar-refractivity contribution is -0.116. The van der Waals surface area contributed by atoms with Crippen molar-refractivity contribution in [1.82, 2.24) is 19.2 Å². The number of hydrogen-bond donors (Lipinski definition) is 1. The van der Waals surface area contributed by atoms with Gasteiger partial charge < -0.3 is 5.32 Å². The lowest BCUT2D eigenvalue weighted by Crippen LogP contribution is -2.20. The van der Waals surface area contributed by atoms with E-state index in [1.54, 1.807) is 16.7 Å². The summed E-state index contributed by atoms with van der Waals surface area (Å²) >= 11 is 0. The summed E-state index contributed by atoms with van der Waals surface area (Å²) in [6, 6.07) is 11.5. The number of aromatic nitrogens is 4. The molecule has 0 aliphatic carbocycles. The number of carbonyl (C=O) groups excluding carboxylic acids is 1. The van der Waals surface area contributed by atoms with E-state index in [1.807, 2.05) is 32.0 Å². The van der Waals surface area contributed by atoms with E-state index in [4.69, 9.17) is 0 Å². The normalized spacial score (nSPS) is 11.0. The van der Waals surface area contributed by atoms with Gasteiger partial charge in [-0.1, -0.05) is 12.1 Å². The van der Waals surface area contributed by atoms with Crippen LogP contribution in [-0.2, 0) is 11.2 Å². The molecule has 4 rings (SSSR count). The van der Waals surface area contributed by atoms with Crippen molar-refractivity contribution in [3.8, 4) is 5.69 Å². The highest BCUT2D eigenvalue weighted by Crippen LogP contribution is 2.15. The molecule has 1 N–H and O–H groups in total. The largest absolute Gasteiger partial charge is 0.326 e. The summed E-state index contributed by atoms with van der Waals surface area (Å²) in [6.07, 6.45) is 3.69. The zero-order chi connectivity index (χ0) is 21.3. The Balaban J connectivity index is 1.51. The van der Waals surface area contributed by atoms with Crippen LogP contribution in [0.2, 0.25) is 0 Å². The standard InChI is InChI=1S/C22H20FN5O2/c1-14-6-7-17(12-15(14)2)24-20(29)9-8-19-25-26-21-22(30)27(10-11-28(19)21)18-5-3-4-16(23)13-18/h3-7,10-13H,8-9H2,1-2H3,(H,24,29). The molecule has 0 unspecified atom stereocenters. The first-order valence-electron chi connectivity index (χ1n) is 9.51. The molecule has 4 aromatic rings. The second kappa shape index (κ2) is 7.90. The number of nitrogens with one attached hydrogen (secondary N) is 1. The summed E-state index contributed by atoms with van der Waals surface area (Å²) < 4.78 is 16.4. The number of hydrogen-bond acceptors (Lipinski definition) is 4. The van der Waals surface area contributed by atoms with Crippen LogP contribution < -0.4 is 10.9 Å². The minimum Gasteiger partial charge on any atom is -0.326 e. The zero-order valence-electron chi connectivity index (χ0n) is 16.6. The smallest absolute Gasteiger partial charge is 0.300 e. The molecule has 30 heavy (non-hydrogen) atoms. The number of aryl methyl sites for hydroxylation is 3. The number of fused-ring (bicyclic) bond motifs is 1. The van der Waals surface area contributed by atoms with Gasteiger partial charge in [-0.2, -0.15) is 0 Å². The predicted molar refractivity (Wildman–Crippen MR) is 111 cm³/mol. The Morgan fingerprint density at radius 2 is 1.90 bits per heavy atom. The van der Waals surface area contributed by atoms with Gasteiger partial charge in [-0.25, -0.2) is 4.39 Å². The van der Waals surface area contributed by atoms with E-state index in [2.05, 4.69) is 15.5 Å². The molecule has 0 fully saturated rings. The van der Waals surface area contributed by atoms with Crippen LogP contribution in [0.25, 0.3) is 11.3 Å². The molecule has 2 aromatic heterocycles. The van der Waals surface area contributed by atoms with Gasteiger partial charge in [0.15, 0.2) is 0 Å². The van der Waals surface area contributed by atoms with Gasteiger partial charge in [0, 0.05) is 30.9 Å². The fraction of sp³-hybridized carbons (Fsp3) is 0.182. The third-order valence-electron chi connectivity index (χ3n) is 4.99. The van der Waals surface area contributed by atoms with Gasteiger partial charge in [0.2, 0.25) is 11.6 Å². The molecule has 0 aliphatic heterocycles. The van der Waals surface area contributed by atoms with E-state index in [9.17, 15) is 14.0 Å². The first-order chi connectivity index (χ1) is 14.4. The van der Waals surface area contributed by atoms with Crippen molar-refractivity contribution in [2.24, 2.45) is 0 Å². The van der Waals surface area contributed by atoms with Crippen molar-refractivity contribution >= 4 is 17.2 Å². The fourth-order valence-corrected chi connectivity index (χ4v) is 3.20. The first-order valence-corrected chi connectivity index (χ1v) is 9.51. The summed E-state index contributed by atoms with van der Waals surface area (Å²) in [4.78, 5) is 25.0. The highest BCUT2D eigenvalue weighted by Gasteiger charge is 2.13. The van der Waals surface area contributed by atoms with Crippen molar-refractivity contribution in [2.45, 2.75) is 26.7 Å². The molecule has 7 nitrogen and oxygen atoms in total. The first kappa shape index (κ1) is 19.5. The van der Waals surface area contributed by atoms with Gasteiger partial charge in [0.1, 0.15) is 11.6 Å². The average molecular weight is 405 g/mol. The summed E-state index contributed by atoms with van der Waals surface area (Å²) in [5.74, 6) is -0.0805. The summed E-state index contributed by atoms with van der Waals surface area (Å²) in [6.45, 7) is 4.00. The van der Waals surface area contributed by atoms with E-state index in [-0.39, 0.29) is 18.0 Å². The van der Waals surface area contributed by atoms with Crippen LogP contribution in [0, 0.1) is 19.7 Å². The molecule has 2 aromatic carbocycles. The average Bonchev–Trinajstić information content (AvgIpc) is 3.13. The minimum absolute atomic E-state index is 0.117. The highest BCUT2D eigenvalue weighted by atomic mass is 19.1. The van der Waals surface area contributed by atoms with Crippen LogP contribution in [0.3, 0.4) is 0 Å². The Bertz CT molecular complexity index is 1310. The predicted octanol–water partition coefficient (Wildman–Crippen LogP) is 3.21. The topological polar surface area (TPSA) is 81.3 Å². The number of nitrogens with zero attached hydrogens (tertiary/aromatic N) is 4. The van der Waals surface area contributed by atoms with Crippen LogP contribution in [0.5, 0.6) is 0 Å². The number of amides is 1. The molecule has 0 bridgehead atoms. The second-order valence-corrected chi connectivity index (χ2v) is 7.11. The fourth-order valence-electron chi connectivity index (χ4n) is 3.20. The van der Waals surface area contributed by atoms with Crippen molar-refractivity contribution in [1.29, 1.82) is 0 Å². The van der Waals surface area contributed by atoms with Crippen molar-refractivity contribution in [3.63, 3.8) is 0 Å². The van der Waals surface area contributed by atoms with E-state index in [0.29, 0.717) is 17.9 Å². The maximum atomic E-state index is 13.5. The molecule has 0 aliphatic rings. The lowest BCUT2D eigenvalue weighted by atomic mass is 10.1. The van der Waals surface area contributed by atoms with Gasteiger partial charge in [0.25, 0.3) is 0 Å². The van der Waals surface area contributed by atoms with Gasteiger partial charge >= 0.3 is 5.56 Å². The number of anilines is 1. The molecular weight excluding hydrogens is 385 g/mol. The molecule has 0 atom stereocenters. The Morgan fingerprint density at radius 3 is 2.67 bits per heavy atom. The second-order valence-electron chi connectivity index (χ2n) is 7.11. The Labute approximate surface area is 171 Å². The van der Waals surface area contributed by atoms with Gasteiger partial charge in [-0.3, -0.25) is 18.6 Å². The summed E-state index contributed by atoms with van der Waals surface area (Å²) in [5.41, 5.74) is 3.11. The van der Waals surface area contributed by atoms with Gasteiger partial charge in [-0.15, -0.1) is 10.2 Å². The highest BCUT2D eigenvalue weighted by molar-refractivity contribution is 5.90. The molecule has 1 amide bonds. The number of halogens is 1. The van der Waals surface area contributed by atoms with Gasteiger partial charge in [-0.05, 0) is 55.3 Å². The number of carbonyl (C=O) groups is 1. The monoisotopic (exact) mass is 405 g/mol. The molecule has 0 spiro atoms. The maximum Gasteiger partial charge on any atom is 0.300 e. The molecule has 0 saturated heterocycles. The Kier molecular flexibility index (Phi) is 5.14. The zero-order valence-corrected chi connectivity index (χ0v) is 16.6. The van der Waals surface area contributed by atoms with Crippen molar-refractivity contribution in [2.75, 3.05) is 5.32 Å². The quantitative estimate of drug-likeness (QED) is 0.553. The number of benzene rings is 2. The van der Waals surface area contributed by atoms with Crippen LogP contribution in [-0.4, -0.2) is 25.1 Å². The Morgan fingerprint density at radius 1 is 1.07 bits per heavy atom. The third kappa shape index (κ3) is 3.84. The van der Waals surface area contributed by atoms with Crippen molar-refractivity contribution < 1.29 is 9.18 Å². The van der Waals surface area contributed by atoms with Crippen LogP contribution in [0.1, 0.15) is 23.4 Å². The lowest BCUT2D eigenvalue weighted by Gasteiger charge is -2.08. The minimum atomic E-state index is -0.434. The molecule has 2 heterocycles. The molecule has 0 saturated carbocycles. The maximum absolute atomic E-state index is 13.5. The van der Waals surface area contributed by atoms with Crippen LogP contribution in [0.15, 0.2) is 59.7 Å². The molecule has 152 valence electrons. The van der Waals surface area contributed by atoms with E-state index in [0.717, 1.165) is 16.8 Å². The van der Waals surface area contributed by atoms with E-state index in [1.165, 1.54) is 29.0 Å². The Hall–Kier alpha value is -3.81. The van der Waals surface area contributed by atoms with Crippen LogP contribution in [0.4, 0.5) is 10.1 Å². The van der Waals surface area contributed by atoms with Crippen LogP contribution >= 0.6 is 0 Å². The SMILES string of the molecule is Cc1ccc(NC(=O)CCc2nnc3c(=O)n(-c4cccc(F)c4)ccn23)cc1C. The summed E-state index contributed by atoms with van der Waals surface area (Å²) in [7, 11) is 0. The van der Waals surface area contributed by atoms with E-state index >= 15 is 0 Å². The number of rotatable bonds is 5. The van der Waals surface area contributed by atoms with Gasteiger partial charge in [0.05, 0.1) is 5.69 Å². The molecular formula is C22H20FN5O2. The van der Waals surface area contributed by atoms with Crippen molar-refractivity contribution in [3.05, 3.63) is 88.0 Å². The molecule has 8 heteroatoms. The van der Waals surface area contributed by atoms with E-state index < -0.39 is 11.4 Å².